The second-order valence-electron chi connectivity index (χ2n) is 6.49. The molecule has 0 saturated carbocycles. The van der Waals surface area contributed by atoms with Gasteiger partial charge >= 0.3 is 0 Å². The second-order valence-corrected chi connectivity index (χ2v) is 6.49. The number of morpholine rings is 1. The van der Waals surface area contributed by atoms with Crippen molar-refractivity contribution in [3.8, 4) is 5.69 Å². The van der Waals surface area contributed by atoms with Crippen LogP contribution in [0.4, 0.5) is 10.1 Å². The van der Waals surface area contributed by atoms with Gasteiger partial charge in [0, 0.05) is 19.6 Å². The van der Waals surface area contributed by atoms with Gasteiger partial charge in [-0.3, -0.25) is 9.69 Å². The van der Waals surface area contributed by atoms with Gasteiger partial charge in [-0.15, -0.1) is 5.10 Å². The van der Waals surface area contributed by atoms with Gasteiger partial charge in [0.15, 0.2) is 0 Å². The molecule has 28 heavy (non-hydrogen) atoms. The number of carbonyl (C=O) groups excluding carboxylic acids is 1. The van der Waals surface area contributed by atoms with Gasteiger partial charge in [-0.2, -0.15) is 0 Å². The first-order valence-corrected chi connectivity index (χ1v) is 8.91. The molecule has 1 saturated heterocycles. The van der Waals surface area contributed by atoms with E-state index in [-0.39, 0.29) is 11.6 Å². The monoisotopic (exact) mass is 382 g/mol. The molecule has 0 spiro atoms. The summed E-state index contributed by atoms with van der Waals surface area (Å²) in [5, 5.41) is 13.5. The number of nitrogens with zero attached hydrogens (tertiary/aromatic N) is 5. The molecular weight excluding hydrogens is 363 g/mol. The lowest BCUT2D eigenvalue weighted by Gasteiger charge is -2.32. The average molecular weight is 382 g/mol. The number of aromatic nitrogens is 4. The van der Waals surface area contributed by atoms with Crippen molar-refractivity contribution in [3.05, 3.63) is 66.2 Å². The van der Waals surface area contributed by atoms with Crippen LogP contribution in [0.2, 0.25) is 0 Å². The number of tetrazole rings is 1. The number of benzene rings is 2. The standard InChI is InChI=1S/C19H19FN6O2/c20-16-7-6-15(26-13-21-23-24-26)10-17(16)22-19(27)18-12-25(8-9-28-18)11-14-4-2-1-3-5-14/h1-7,10,13,18H,8-9,11-12H2,(H,22,27). The first kappa shape index (κ1) is 18.2. The molecule has 1 fully saturated rings. The van der Waals surface area contributed by atoms with Gasteiger partial charge < -0.3 is 10.1 Å². The van der Waals surface area contributed by atoms with E-state index in [1.165, 1.54) is 34.8 Å². The molecule has 0 aliphatic carbocycles. The van der Waals surface area contributed by atoms with Gasteiger partial charge in [0.25, 0.3) is 5.91 Å². The fourth-order valence-corrected chi connectivity index (χ4v) is 3.09. The van der Waals surface area contributed by atoms with Crippen molar-refractivity contribution in [1.29, 1.82) is 0 Å². The molecule has 1 atom stereocenters. The van der Waals surface area contributed by atoms with Gasteiger partial charge in [-0.05, 0) is 34.2 Å². The van der Waals surface area contributed by atoms with Crippen LogP contribution in [0.3, 0.4) is 0 Å². The Balaban J connectivity index is 1.42. The molecule has 2 heterocycles. The summed E-state index contributed by atoms with van der Waals surface area (Å²) in [6, 6.07) is 14.3. The Morgan fingerprint density at radius 3 is 2.89 bits per heavy atom. The van der Waals surface area contributed by atoms with E-state index in [9.17, 15) is 9.18 Å². The van der Waals surface area contributed by atoms with E-state index >= 15 is 0 Å². The smallest absolute Gasteiger partial charge is 0.254 e. The lowest BCUT2D eigenvalue weighted by Crippen LogP contribution is -2.47. The van der Waals surface area contributed by atoms with Crippen LogP contribution in [0.15, 0.2) is 54.9 Å². The third-order valence-electron chi connectivity index (χ3n) is 4.51. The van der Waals surface area contributed by atoms with Crippen LogP contribution in [0.5, 0.6) is 0 Å². The molecule has 1 aliphatic rings. The predicted molar refractivity (Wildman–Crippen MR) is 99.2 cm³/mol. The summed E-state index contributed by atoms with van der Waals surface area (Å²) in [6.45, 7) is 2.35. The first-order valence-electron chi connectivity index (χ1n) is 8.91. The maximum absolute atomic E-state index is 14.2. The van der Waals surface area contributed by atoms with E-state index in [0.29, 0.717) is 18.8 Å². The number of hydrogen-bond donors (Lipinski definition) is 1. The molecule has 1 amide bonds. The van der Waals surface area contributed by atoms with Crippen LogP contribution in [0.25, 0.3) is 5.69 Å². The van der Waals surface area contributed by atoms with Crippen LogP contribution >= 0.6 is 0 Å². The molecule has 0 radical (unpaired) electrons. The Labute approximate surface area is 160 Å². The third kappa shape index (κ3) is 4.21. The van der Waals surface area contributed by atoms with Gasteiger partial charge in [-0.25, -0.2) is 9.07 Å². The molecule has 3 aromatic rings. The first-order chi connectivity index (χ1) is 13.7. The van der Waals surface area contributed by atoms with E-state index in [1.54, 1.807) is 0 Å². The zero-order valence-electron chi connectivity index (χ0n) is 15.0. The summed E-state index contributed by atoms with van der Waals surface area (Å²) >= 11 is 0. The normalized spacial score (nSPS) is 17.4. The van der Waals surface area contributed by atoms with Gasteiger partial charge in [-0.1, -0.05) is 30.3 Å². The number of ether oxygens (including phenoxy) is 1. The number of rotatable bonds is 5. The third-order valence-corrected chi connectivity index (χ3v) is 4.51. The maximum Gasteiger partial charge on any atom is 0.254 e. The summed E-state index contributed by atoms with van der Waals surface area (Å²) in [4.78, 5) is 14.8. The van der Waals surface area contributed by atoms with E-state index in [0.717, 1.165) is 13.1 Å². The van der Waals surface area contributed by atoms with Crippen LogP contribution in [-0.4, -0.2) is 56.8 Å². The molecule has 9 heteroatoms. The van der Waals surface area contributed by atoms with E-state index in [2.05, 4.69) is 25.7 Å². The van der Waals surface area contributed by atoms with Crippen LogP contribution in [-0.2, 0) is 16.1 Å². The number of anilines is 1. The minimum Gasteiger partial charge on any atom is -0.366 e. The van der Waals surface area contributed by atoms with Crippen molar-refractivity contribution in [2.45, 2.75) is 12.6 Å². The van der Waals surface area contributed by atoms with Crippen molar-refractivity contribution in [1.82, 2.24) is 25.1 Å². The zero-order chi connectivity index (χ0) is 19.3. The van der Waals surface area contributed by atoms with Gasteiger partial charge in [0.1, 0.15) is 18.2 Å². The number of amides is 1. The summed E-state index contributed by atoms with van der Waals surface area (Å²) in [5.41, 5.74) is 1.77. The number of carbonyl (C=O) groups is 1. The number of nitrogens with one attached hydrogen (secondary N) is 1. The Hall–Kier alpha value is -3.17. The molecular formula is C19H19FN6O2. The Morgan fingerprint density at radius 1 is 1.25 bits per heavy atom. The van der Waals surface area contributed by atoms with Crippen molar-refractivity contribution >= 4 is 11.6 Å². The molecule has 1 aliphatic heterocycles. The molecule has 0 bridgehead atoms. The highest BCUT2D eigenvalue weighted by Gasteiger charge is 2.27. The highest BCUT2D eigenvalue weighted by Crippen LogP contribution is 2.19. The topological polar surface area (TPSA) is 85.2 Å². The maximum atomic E-state index is 14.2. The van der Waals surface area contributed by atoms with Crippen molar-refractivity contribution in [2.75, 3.05) is 25.0 Å². The minimum atomic E-state index is -0.673. The summed E-state index contributed by atoms with van der Waals surface area (Å²) in [5.74, 6) is -0.923. The summed E-state index contributed by atoms with van der Waals surface area (Å²) < 4.78 is 21.2. The molecule has 2 aromatic carbocycles. The molecule has 1 unspecified atom stereocenters. The fourth-order valence-electron chi connectivity index (χ4n) is 3.09. The van der Waals surface area contributed by atoms with Gasteiger partial charge in [0.05, 0.1) is 18.0 Å². The SMILES string of the molecule is O=C(Nc1cc(-n2cnnn2)ccc1F)C1CN(Cc2ccccc2)CCO1. The molecule has 4 rings (SSSR count). The summed E-state index contributed by atoms with van der Waals surface area (Å²) in [6.07, 6.45) is 0.721. The Kier molecular flexibility index (Phi) is 5.36. The van der Waals surface area contributed by atoms with E-state index < -0.39 is 11.9 Å². The van der Waals surface area contributed by atoms with Gasteiger partial charge in [0.2, 0.25) is 0 Å². The molecule has 144 valence electrons. The second kappa shape index (κ2) is 8.24. The van der Waals surface area contributed by atoms with E-state index in [4.69, 9.17) is 4.74 Å². The average Bonchev–Trinajstić information content (AvgIpc) is 3.25. The predicted octanol–water partition coefficient (Wildman–Crippen LogP) is 1.64. The quantitative estimate of drug-likeness (QED) is 0.722. The van der Waals surface area contributed by atoms with Crippen molar-refractivity contribution in [3.63, 3.8) is 0 Å². The van der Waals surface area contributed by atoms with Crippen molar-refractivity contribution in [2.24, 2.45) is 0 Å². The number of hydrogen-bond acceptors (Lipinski definition) is 6. The zero-order valence-corrected chi connectivity index (χ0v) is 15.0. The lowest BCUT2D eigenvalue weighted by atomic mass is 10.2. The van der Waals surface area contributed by atoms with Crippen LogP contribution in [0.1, 0.15) is 5.56 Å². The lowest BCUT2D eigenvalue weighted by molar-refractivity contribution is -0.133. The largest absolute Gasteiger partial charge is 0.366 e. The molecule has 8 nitrogen and oxygen atoms in total. The van der Waals surface area contributed by atoms with Crippen molar-refractivity contribution < 1.29 is 13.9 Å². The molecule has 1 N–H and O–H groups in total. The highest BCUT2D eigenvalue weighted by molar-refractivity contribution is 5.94. The fraction of sp³-hybridized carbons (Fsp3) is 0.263. The number of halogens is 1. The highest BCUT2D eigenvalue weighted by atomic mass is 19.1. The van der Waals surface area contributed by atoms with E-state index in [1.807, 2.05) is 30.3 Å². The Bertz CT molecular complexity index is 935. The van der Waals surface area contributed by atoms with Crippen LogP contribution < -0.4 is 5.32 Å². The Morgan fingerprint density at radius 2 is 2.11 bits per heavy atom. The minimum absolute atomic E-state index is 0.0572. The summed E-state index contributed by atoms with van der Waals surface area (Å²) in [7, 11) is 0. The van der Waals surface area contributed by atoms with Crippen LogP contribution in [0, 0.1) is 5.82 Å². The molecule has 1 aromatic heterocycles.